The molecule has 1 aliphatic rings. The summed E-state index contributed by atoms with van der Waals surface area (Å²) in [7, 11) is 0. The molecule has 0 spiro atoms. The second-order valence-electron chi connectivity index (χ2n) is 4.50. The van der Waals surface area contributed by atoms with Crippen molar-refractivity contribution in [2.75, 3.05) is 0 Å². The Labute approximate surface area is 86.2 Å². The van der Waals surface area contributed by atoms with E-state index >= 15 is 0 Å². The predicted molar refractivity (Wildman–Crippen MR) is 60.1 cm³/mol. The van der Waals surface area contributed by atoms with Gasteiger partial charge in [-0.2, -0.15) is 0 Å². The van der Waals surface area contributed by atoms with Gasteiger partial charge in [0.05, 0.1) is 0 Å². The Hall–Kier alpha value is -1.11. The predicted octanol–water partition coefficient (Wildman–Crippen LogP) is 3.43. The molecule has 0 fully saturated rings. The van der Waals surface area contributed by atoms with Crippen molar-refractivity contribution in [2.45, 2.75) is 33.6 Å². The van der Waals surface area contributed by atoms with Crippen molar-refractivity contribution in [3.05, 3.63) is 36.0 Å². The highest BCUT2D eigenvalue weighted by atomic mass is 16.1. The summed E-state index contributed by atoms with van der Waals surface area (Å²) < 4.78 is 0. The summed E-state index contributed by atoms with van der Waals surface area (Å²) in [6.45, 7) is 9.95. The van der Waals surface area contributed by atoms with Gasteiger partial charge in [-0.3, -0.25) is 4.79 Å². The van der Waals surface area contributed by atoms with E-state index < -0.39 is 0 Å². The molecule has 1 heteroatoms. The van der Waals surface area contributed by atoms with Crippen molar-refractivity contribution in [1.29, 1.82) is 0 Å². The average Bonchev–Trinajstić information content (AvgIpc) is 2.11. The quantitative estimate of drug-likeness (QED) is 0.623. The largest absolute Gasteiger partial charge is 0.295 e. The Morgan fingerprint density at radius 3 is 2.79 bits per heavy atom. The SMILES string of the molecule is C=CC(=O)CC1=C(C)C=CCC1(C)C. The van der Waals surface area contributed by atoms with Crippen LogP contribution in [0.4, 0.5) is 0 Å². The van der Waals surface area contributed by atoms with Gasteiger partial charge in [-0.1, -0.05) is 43.7 Å². The van der Waals surface area contributed by atoms with Gasteiger partial charge in [0.15, 0.2) is 5.78 Å². The Morgan fingerprint density at radius 2 is 2.29 bits per heavy atom. The number of hydrogen-bond acceptors (Lipinski definition) is 1. The third kappa shape index (κ3) is 2.22. The number of rotatable bonds is 3. The maximum Gasteiger partial charge on any atom is 0.159 e. The van der Waals surface area contributed by atoms with Crippen molar-refractivity contribution >= 4 is 5.78 Å². The van der Waals surface area contributed by atoms with Crippen molar-refractivity contribution in [1.82, 2.24) is 0 Å². The summed E-state index contributed by atoms with van der Waals surface area (Å²) in [5.41, 5.74) is 2.61. The van der Waals surface area contributed by atoms with Gasteiger partial charge in [0.1, 0.15) is 0 Å². The zero-order chi connectivity index (χ0) is 10.8. The third-order valence-corrected chi connectivity index (χ3v) is 2.87. The first kappa shape index (κ1) is 11.0. The first-order valence-corrected chi connectivity index (χ1v) is 4.99. The van der Waals surface area contributed by atoms with E-state index in [4.69, 9.17) is 0 Å². The summed E-state index contributed by atoms with van der Waals surface area (Å²) in [4.78, 5) is 11.3. The third-order valence-electron chi connectivity index (χ3n) is 2.87. The van der Waals surface area contributed by atoms with Crippen LogP contribution in [-0.4, -0.2) is 5.78 Å². The molecule has 1 aliphatic carbocycles. The van der Waals surface area contributed by atoms with Gasteiger partial charge in [-0.05, 0) is 24.8 Å². The van der Waals surface area contributed by atoms with Gasteiger partial charge in [0.25, 0.3) is 0 Å². The summed E-state index contributed by atoms with van der Waals surface area (Å²) in [6, 6.07) is 0. The molecule has 0 unspecified atom stereocenters. The number of ketones is 1. The molecule has 0 aliphatic heterocycles. The summed E-state index contributed by atoms with van der Waals surface area (Å²) in [5.74, 6) is 0.114. The van der Waals surface area contributed by atoms with E-state index in [1.54, 1.807) is 0 Å². The fourth-order valence-electron chi connectivity index (χ4n) is 1.91. The minimum Gasteiger partial charge on any atom is -0.295 e. The lowest BCUT2D eigenvalue weighted by Crippen LogP contribution is -2.19. The Balaban J connectivity index is 2.96. The van der Waals surface area contributed by atoms with Gasteiger partial charge >= 0.3 is 0 Å². The fraction of sp³-hybridized carbons (Fsp3) is 0.462. The first-order valence-electron chi connectivity index (χ1n) is 4.99. The molecular formula is C13H18O. The maximum atomic E-state index is 11.3. The molecule has 0 radical (unpaired) electrons. The van der Waals surface area contributed by atoms with Crippen LogP contribution in [-0.2, 0) is 4.79 Å². The second-order valence-corrected chi connectivity index (χ2v) is 4.50. The molecule has 0 saturated carbocycles. The zero-order valence-electron chi connectivity index (χ0n) is 9.26. The van der Waals surface area contributed by atoms with Crippen LogP contribution >= 0.6 is 0 Å². The maximum absolute atomic E-state index is 11.3. The topological polar surface area (TPSA) is 17.1 Å². The van der Waals surface area contributed by atoms with Crippen molar-refractivity contribution in [2.24, 2.45) is 5.41 Å². The molecule has 0 bridgehead atoms. The average molecular weight is 190 g/mol. The van der Waals surface area contributed by atoms with Crippen LogP contribution in [0.5, 0.6) is 0 Å². The fourth-order valence-corrected chi connectivity index (χ4v) is 1.91. The monoisotopic (exact) mass is 190 g/mol. The van der Waals surface area contributed by atoms with Crippen LogP contribution in [0.3, 0.4) is 0 Å². The highest BCUT2D eigenvalue weighted by Crippen LogP contribution is 2.38. The number of hydrogen-bond donors (Lipinski definition) is 0. The van der Waals surface area contributed by atoms with Gasteiger partial charge < -0.3 is 0 Å². The van der Waals surface area contributed by atoms with Crippen molar-refractivity contribution in [3.63, 3.8) is 0 Å². The molecule has 0 aromatic heterocycles. The molecule has 0 heterocycles. The molecule has 1 nitrogen and oxygen atoms in total. The summed E-state index contributed by atoms with van der Waals surface area (Å²) in [6.07, 6.45) is 7.24. The van der Waals surface area contributed by atoms with Gasteiger partial charge in [-0.25, -0.2) is 0 Å². The lowest BCUT2D eigenvalue weighted by atomic mass is 9.74. The van der Waals surface area contributed by atoms with Crippen LogP contribution in [0.25, 0.3) is 0 Å². The second kappa shape index (κ2) is 3.95. The minimum absolute atomic E-state index is 0.114. The standard InChI is InChI=1S/C13H18O/c1-5-11(14)9-12-10(2)7-6-8-13(12,3)4/h5-7H,1,8-9H2,2-4H3. The molecule has 0 amide bonds. The zero-order valence-corrected chi connectivity index (χ0v) is 9.26. The van der Waals surface area contributed by atoms with E-state index in [0.717, 1.165) is 6.42 Å². The summed E-state index contributed by atoms with van der Waals surface area (Å²) in [5, 5.41) is 0. The Morgan fingerprint density at radius 1 is 1.64 bits per heavy atom. The number of carbonyl (C=O) groups is 1. The van der Waals surface area contributed by atoms with Gasteiger partial charge in [-0.15, -0.1) is 0 Å². The molecule has 1 rings (SSSR count). The lowest BCUT2D eigenvalue weighted by Gasteiger charge is -2.31. The van der Waals surface area contributed by atoms with E-state index in [9.17, 15) is 4.79 Å². The molecular weight excluding hydrogens is 172 g/mol. The number of allylic oxidation sites excluding steroid dienone is 5. The summed E-state index contributed by atoms with van der Waals surface area (Å²) >= 11 is 0. The van der Waals surface area contributed by atoms with E-state index in [2.05, 4.69) is 39.5 Å². The minimum atomic E-state index is 0.114. The molecule has 76 valence electrons. The normalized spacial score (nSPS) is 19.6. The van der Waals surface area contributed by atoms with Gasteiger partial charge in [0.2, 0.25) is 0 Å². The van der Waals surface area contributed by atoms with Gasteiger partial charge in [0, 0.05) is 6.42 Å². The molecule has 0 saturated heterocycles. The van der Waals surface area contributed by atoms with Crippen LogP contribution < -0.4 is 0 Å². The highest BCUT2D eigenvalue weighted by molar-refractivity contribution is 5.91. The van der Waals surface area contributed by atoms with Crippen molar-refractivity contribution < 1.29 is 4.79 Å². The van der Waals surface area contributed by atoms with Crippen LogP contribution in [0, 0.1) is 5.41 Å². The van der Waals surface area contributed by atoms with Crippen LogP contribution in [0.1, 0.15) is 33.6 Å². The first-order chi connectivity index (χ1) is 6.47. The van der Waals surface area contributed by atoms with E-state index in [1.165, 1.54) is 17.2 Å². The molecule has 0 atom stereocenters. The Kier molecular flexibility index (Phi) is 3.10. The van der Waals surface area contributed by atoms with Crippen molar-refractivity contribution in [3.8, 4) is 0 Å². The number of carbonyl (C=O) groups excluding carboxylic acids is 1. The van der Waals surface area contributed by atoms with Crippen LogP contribution in [0.15, 0.2) is 36.0 Å². The van der Waals surface area contributed by atoms with E-state index in [1.807, 2.05) is 0 Å². The molecule has 0 N–H and O–H groups in total. The molecule has 0 aromatic rings. The molecule has 14 heavy (non-hydrogen) atoms. The van der Waals surface area contributed by atoms with E-state index in [-0.39, 0.29) is 11.2 Å². The van der Waals surface area contributed by atoms with E-state index in [0.29, 0.717) is 6.42 Å². The molecule has 0 aromatic carbocycles. The van der Waals surface area contributed by atoms with Crippen LogP contribution in [0.2, 0.25) is 0 Å². The lowest BCUT2D eigenvalue weighted by molar-refractivity contribution is -0.114. The smallest absolute Gasteiger partial charge is 0.159 e. The highest BCUT2D eigenvalue weighted by Gasteiger charge is 2.26. The Bertz CT molecular complexity index is 316.